The Kier molecular flexibility index (Phi) is 1.87. The van der Waals surface area contributed by atoms with E-state index in [4.69, 9.17) is 10.5 Å². The molecule has 1 amide bonds. The topological polar surface area (TPSA) is 55.6 Å². The number of carbonyl (C=O) groups excluding carboxylic acids is 1. The van der Waals surface area contributed by atoms with Crippen LogP contribution >= 0.6 is 0 Å². The fourth-order valence-electron chi connectivity index (χ4n) is 2.08. The van der Waals surface area contributed by atoms with Gasteiger partial charge in [0.25, 0.3) is 0 Å². The van der Waals surface area contributed by atoms with Crippen molar-refractivity contribution in [3.05, 3.63) is 24.3 Å². The van der Waals surface area contributed by atoms with Gasteiger partial charge in [0.15, 0.2) is 0 Å². The molecule has 0 unspecified atom stereocenters. The molecule has 84 valence electrons. The Balaban J connectivity index is 1.80. The Hall–Kier alpha value is -1.71. The molecule has 16 heavy (non-hydrogen) atoms. The Morgan fingerprint density at radius 2 is 1.88 bits per heavy atom. The van der Waals surface area contributed by atoms with Crippen molar-refractivity contribution in [1.29, 1.82) is 0 Å². The number of nitrogens with two attached hydrogens (primary N) is 1. The third-order valence-corrected chi connectivity index (χ3v) is 3.33. The minimum atomic E-state index is -0.228. The van der Waals surface area contributed by atoms with E-state index in [0.29, 0.717) is 5.69 Å². The fraction of sp³-hybridized carbons (Fsp3) is 0.417. The van der Waals surface area contributed by atoms with Gasteiger partial charge < -0.3 is 10.5 Å². The summed E-state index contributed by atoms with van der Waals surface area (Å²) in [6, 6.07) is 7.29. The third kappa shape index (κ3) is 1.50. The highest BCUT2D eigenvalue weighted by Gasteiger charge is 2.50. The number of amides is 1. The molecule has 1 saturated carbocycles. The van der Waals surface area contributed by atoms with Crippen LogP contribution in [0, 0.1) is 0 Å². The number of anilines is 2. The van der Waals surface area contributed by atoms with Crippen LogP contribution in [-0.4, -0.2) is 18.2 Å². The summed E-state index contributed by atoms with van der Waals surface area (Å²) in [6.45, 7) is 0.739. The van der Waals surface area contributed by atoms with Gasteiger partial charge in [0.1, 0.15) is 5.60 Å². The van der Waals surface area contributed by atoms with E-state index < -0.39 is 0 Å². The lowest BCUT2D eigenvalue weighted by atomic mass is 10.1. The number of benzene rings is 1. The van der Waals surface area contributed by atoms with Crippen LogP contribution in [0.4, 0.5) is 16.2 Å². The van der Waals surface area contributed by atoms with Crippen LogP contribution in [0.1, 0.15) is 19.3 Å². The maximum absolute atomic E-state index is 11.8. The second-order valence-electron chi connectivity index (χ2n) is 4.54. The van der Waals surface area contributed by atoms with Gasteiger partial charge >= 0.3 is 6.09 Å². The zero-order valence-electron chi connectivity index (χ0n) is 8.98. The first-order valence-electron chi connectivity index (χ1n) is 5.55. The predicted octanol–water partition coefficient (Wildman–Crippen LogP) is 2.15. The average Bonchev–Trinajstić information content (AvgIpc) is 3.00. The summed E-state index contributed by atoms with van der Waals surface area (Å²) in [5.74, 6) is 0. The first-order valence-corrected chi connectivity index (χ1v) is 5.55. The minimum absolute atomic E-state index is 0.110. The van der Waals surface area contributed by atoms with Crippen LogP contribution in [0.3, 0.4) is 0 Å². The summed E-state index contributed by atoms with van der Waals surface area (Å²) in [6.07, 6.45) is 2.75. The standard InChI is InChI=1S/C12H14N2O2/c13-9-1-3-10(4-2-9)14-8-7-12(5-6-12)16-11(14)15/h1-4H,5-8,13H2. The number of hydrogen-bond acceptors (Lipinski definition) is 3. The Morgan fingerprint density at radius 1 is 1.19 bits per heavy atom. The number of rotatable bonds is 1. The number of nitrogens with zero attached hydrogens (tertiary/aromatic N) is 1. The highest BCUT2D eigenvalue weighted by molar-refractivity contribution is 5.89. The van der Waals surface area contributed by atoms with Gasteiger partial charge in [0.2, 0.25) is 0 Å². The Bertz CT molecular complexity index is 423. The van der Waals surface area contributed by atoms with E-state index in [0.717, 1.165) is 31.5 Å². The first-order chi connectivity index (χ1) is 7.69. The number of hydrogen-bond donors (Lipinski definition) is 1. The molecule has 2 fully saturated rings. The molecule has 1 saturated heterocycles. The van der Waals surface area contributed by atoms with Gasteiger partial charge in [-0.15, -0.1) is 0 Å². The highest BCUT2D eigenvalue weighted by atomic mass is 16.6. The van der Waals surface area contributed by atoms with Crippen molar-refractivity contribution in [1.82, 2.24) is 0 Å². The molecule has 2 aliphatic rings. The van der Waals surface area contributed by atoms with Gasteiger partial charge in [-0.2, -0.15) is 0 Å². The van der Waals surface area contributed by atoms with Gasteiger partial charge in [-0.1, -0.05) is 0 Å². The zero-order valence-corrected chi connectivity index (χ0v) is 8.98. The smallest absolute Gasteiger partial charge is 0.414 e. The molecule has 1 aliphatic heterocycles. The van der Waals surface area contributed by atoms with Gasteiger partial charge in [0, 0.05) is 24.3 Å². The second-order valence-corrected chi connectivity index (χ2v) is 4.54. The van der Waals surface area contributed by atoms with Crippen molar-refractivity contribution in [2.45, 2.75) is 24.9 Å². The van der Waals surface area contributed by atoms with E-state index in [1.165, 1.54) is 0 Å². The number of carbonyl (C=O) groups is 1. The third-order valence-electron chi connectivity index (χ3n) is 3.33. The molecule has 1 aliphatic carbocycles. The monoisotopic (exact) mass is 218 g/mol. The van der Waals surface area contributed by atoms with E-state index in [1.807, 2.05) is 12.1 Å². The first kappa shape index (κ1) is 9.51. The van der Waals surface area contributed by atoms with Crippen molar-refractivity contribution >= 4 is 17.5 Å². The maximum Gasteiger partial charge on any atom is 0.414 e. The van der Waals surface area contributed by atoms with Crippen molar-refractivity contribution in [2.24, 2.45) is 0 Å². The number of ether oxygens (including phenoxy) is 1. The quantitative estimate of drug-likeness (QED) is 0.735. The molecule has 1 spiro atoms. The summed E-state index contributed by atoms with van der Waals surface area (Å²) in [5, 5.41) is 0. The summed E-state index contributed by atoms with van der Waals surface area (Å²) in [5.41, 5.74) is 7.06. The molecule has 1 heterocycles. The molecule has 0 radical (unpaired) electrons. The van der Waals surface area contributed by atoms with Crippen LogP contribution < -0.4 is 10.6 Å². The average molecular weight is 218 g/mol. The van der Waals surface area contributed by atoms with Gasteiger partial charge in [-0.05, 0) is 37.1 Å². The van der Waals surface area contributed by atoms with Gasteiger partial charge in [-0.3, -0.25) is 4.90 Å². The van der Waals surface area contributed by atoms with Crippen molar-refractivity contribution in [3.63, 3.8) is 0 Å². The number of nitrogen functional groups attached to an aromatic ring is 1. The molecule has 0 atom stereocenters. The molecule has 1 aromatic rings. The summed E-state index contributed by atoms with van der Waals surface area (Å²) >= 11 is 0. The Labute approximate surface area is 94.0 Å². The lowest BCUT2D eigenvalue weighted by Crippen LogP contribution is -2.43. The molecule has 2 N–H and O–H groups in total. The summed E-state index contributed by atoms with van der Waals surface area (Å²) in [7, 11) is 0. The summed E-state index contributed by atoms with van der Waals surface area (Å²) < 4.78 is 5.44. The lowest BCUT2D eigenvalue weighted by molar-refractivity contribution is 0.0683. The molecule has 1 aromatic carbocycles. The molecular weight excluding hydrogens is 204 g/mol. The molecule has 0 bridgehead atoms. The highest BCUT2D eigenvalue weighted by Crippen LogP contribution is 2.45. The fourth-order valence-corrected chi connectivity index (χ4v) is 2.08. The molecule has 3 rings (SSSR count). The van der Waals surface area contributed by atoms with E-state index in [-0.39, 0.29) is 11.7 Å². The van der Waals surface area contributed by atoms with Crippen LogP contribution in [0.25, 0.3) is 0 Å². The largest absolute Gasteiger partial charge is 0.442 e. The molecular formula is C12H14N2O2. The molecule has 4 heteroatoms. The zero-order chi connectivity index (χ0) is 11.2. The maximum atomic E-state index is 11.8. The van der Waals surface area contributed by atoms with Gasteiger partial charge in [0.05, 0.1) is 0 Å². The van der Waals surface area contributed by atoms with Crippen molar-refractivity contribution < 1.29 is 9.53 Å². The summed E-state index contributed by atoms with van der Waals surface area (Å²) in [4.78, 5) is 13.5. The van der Waals surface area contributed by atoms with Crippen molar-refractivity contribution in [2.75, 3.05) is 17.2 Å². The normalized spacial score (nSPS) is 22.0. The van der Waals surface area contributed by atoms with Crippen molar-refractivity contribution in [3.8, 4) is 0 Å². The lowest BCUT2D eigenvalue weighted by Gasteiger charge is -2.31. The van der Waals surface area contributed by atoms with Crippen LogP contribution in [0.5, 0.6) is 0 Å². The van der Waals surface area contributed by atoms with E-state index >= 15 is 0 Å². The van der Waals surface area contributed by atoms with Gasteiger partial charge in [-0.25, -0.2) is 4.79 Å². The second kappa shape index (κ2) is 3.14. The van der Waals surface area contributed by atoms with E-state index in [1.54, 1.807) is 17.0 Å². The SMILES string of the molecule is Nc1ccc(N2CCC3(CC3)OC2=O)cc1. The van der Waals surface area contributed by atoms with Crippen LogP contribution in [-0.2, 0) is 4.74 Å². The van der Waals surface area contributed by atoms with E-state index in [2.05, 4.69) is 0 Å². The Morgan fingerprint density at radius 3 is 2.44 bits per heavy atom. The van der Waals surface area contributed by atoms with Crippen LogP contribution in [0.15, 0.2) is 24.3 Å². The predicted molar refractivity (Wildman–Crippen MR) is 61.3 cm³/mol. The minimum Gasteiger partial charge on any atom is -0.442 e. The van der Waals surface area contributed by atoms with Crippen LogP contribution in [0.2, 0.25) is 0 Å². The van der Waals surface area contributed by atoms with E-state index in [9.17, 15) is 4.79 Å². The molecule has 4 nitrogen and oxygen atoms in total. The molecule has 0 aromatic heterocycles.